The highest BCUT2D eigenvalue weighted by Gasteiger charge is 2.31. The van der Waals surface area contributed by atoms with Gasteiger partial charge in [-0.25, -0.2) is 0 Å². The van der Waals surface area contributed by atoms with E-state index in [9.17, 15) is 15.3 Å². The van der Waals surface area contributed by atoms with E-state index in [0.717, 1.165) is 0 Å². The molecule has 0 unspecified atom stereocenters. The van der Waals surface area contributed by atoms with Gasteiger partial charge in [0.25, 0.3) is 0 Å². The second-order valence-electron chi connectivity index (χ2n) is 3.18. The van der Waals surface area contributed by atoms with E-state index < -0.39 is 18.3 Å². The van der Waals surface area contributed by atoms with Gasteiger partial charge < -0.3 is 20.6 Å². The maximum Gasteiger partial charge on any atom is 0.107 e. The minimum absolute atomic E-state index is 0. The van der Waals surface area contributed by atoms with Crippen molar-refractivity contribution in [3.8, 4) is 0 Å². The lowest BCUT2D eigenvalue weighted by atomic mass is 9.99. The van der Waals surface area contributed by atoms with Crippen molar-refractivity contribution in [3.05, 3.63) is 0 Å². The minimum atomic E-state index is -1.01. The van der Waals surface area contributed by atoms with Crippen LogP contribution in [-0.2, 0) is 0 Å². The number of halogens is 1. The first kappa shape index (κ1) is 12.1. The Morgan fingerprint density at radius 1 is 1.08 bits per heavy atom. The van der Waals surface area contributed by atoms with Crippen LogP contribution < -0.4 is 5.32 Å². The van der Waals surface area contributed by atoms with Crippen LogP contribution in [0.25, 0.3) is 0 Å². The Hall–Kier alpha value is 0.130. The number of β-amino-alcohol motifs (C(OH)–C–C–N with tert-alkyl or cyclic N) is 1. The maximum absolute atomic E-state index is 9.35. The summed E-state index contributed by atoms with van der Waals surface area (Å²) >= 11 is 0. The molecule has 4 N–H and O–H groups in total. The summed E-state index contributed by atoms with van der Waals surface area (Å²) < 4.78 is 0. The van der Waals surface area contributed by atoms with Gasteiger partial charge in [0, 0.05) is 13.1 Å². The van der Waals surface area contributed by atoms with Gasteiger partial charge in [-0.05, 0) is 5.92 Å². The molecular weight excluding hydrogens is 182 g/mol. The SMILES string of the molecule is C[C@H]1CNC[C@@H](O)[C@@H](O)[C@@H]1O.Cl. The number of hydrogen-bond acceptors (Lipinski definition) is 4. The van der Waals surface area contributed by atoms with Crippen LogP contribution in [0.15, 0.2) is 0 Å². The van der Waals surface area contributed by atoms with E-state index in [-0.39, 0.29) is 18.3 Å². The van der Waals surface area contributed by atoms with Crippen molar-refractivity contribution >= 4 is 12.4 Å². The second kappa shape index (κ2) is 4.99. The molecule has 1 saturated heterocycles. The monoisotopic (exact) mass is 197 g/mol. The lowest BCUT2D eigenvalue weighted by Gasteiger charge is -2.21. The zero-order valence-corrected chi connectivity index (χ0v) is 7.79. The number of nitrogens with one attached hydrogen (secondary N) is 1. The lowest BCUT2D eigenvalue weighted by Crippen LogP contribution is -2.40. The largest absolute Gasteiger partial charge is 0.390 e. The summed E-state index contributed by atoms with van der Waals surface area (Å²) in [6.07, 6.45) is -2.69. The lowest BCUT2D eigenvalue weighted by molar-refractivity contribution is -0.0647. The number of rotatable bonds is 0. The first-order chi connectivity index (χ1) is 5.13. The zero-order valence-electron chi connectivity index (χ0n) is 6.97. The molecule has 0 aromatic heterocycles. The molecule has 0 spiro atoms. The maximum atomic E-state index is 9.35. The third-order valence-corrected chi connectivity index (χ3v) is 2.15. The average molecular weight is 198 g/mol. The molecule has 0 aromatic rings. The molecule has 12 heavy (non-hydrogen) atoms. The molecule has 1 rings (SSSR count). The molecule has 0 aromatic carbocycles. The van der Waals surface area contributed by atoms with Gasteiger partial charge in [-0.3, -0.25) is 0 Å². The summed E-state index contributed by atoms with van der Waals surface area (Å²) in [5.41, 5.74) is 0. The van der Waals surface area contributed by atoms with Crippen LogP contribution >= 0.6 is 12.4 Å². The fourth-order valence-electron chi connectivity index (χ4n) is 1.26. The molecule has 1 aliphatic rings. The van der Waals surface area contributed by atoms with Crippen molar-refractivity contribution in [1.29, 1.82) is 0 Å². The van der Waals surface area contributed by atoms with Crippen LogP contribution in [-0.4, -0.2) is 46.7 Å². The summed E-state index contributed by atoms with van der Waals surface area (Å²) in [4.78, 5) is 0. The molecule has 0 amide bonds. The zero-order chi connectivity index (χ0) is 8.43. The molecular formula is C7H16ClNO3. The van der Waals surface area contributed by atoms with Crippen LogP contribution in [0.1, 0.15) is 6.92 Å². The smallest absolute Gasteiger partial charge is 0.107 e. The third-order valence-electron chi connectivity index (χ3n) is 2.15. The summed E-state index contributed by atoms with van der Waals surface area (Å²) in [6, 6.07) is 0. The van der Waals surface area contributed by atoms with Crippen LogP contribution in [0.3, 0.4) is 0 Å². The van der Waals surface area contributed by atoms with Crippen LogP contribution in [0.4, 0.5) is 0 Å². The van der Waals surface area contributed by atoms with Crippen LogP contribution in [0.5, 0.6) is 0 Å². The van der Waals surface area contributed by atoms with E-state index in [0.29, 0.717) is 13.1 Å². The molecule has 74 valence electrons. The van der Waals surface area contributed by atoms with Gasteiger partial charge in [0.05, 0.1) is 12.2 Å². The predicted molar refractivity (Wildman–Crippen MR) is 47.3 cm³/mol. The van der Waals surface area contributed by atoms with Crippen molar-refractivity contribution in [2.45, 2.75) is 25.2 Å². The first-order valence-electron chi connectivity index (χ1n) is 3.88. The fraction of sp³-hybridized carbons (Fsp3) is 1.00. The van der Waals surface area contributed by atoms with Gasteiger partial charge in [0.1, 0.15) is 6.10 Å². The first-order valence-corrected chi connectivity index (χ1v) is 3.88. The van der Waals surface area contributed by atoms with Crippen molar-refractivity contribution in [2.24, 2.45) is 5.92 Å². The van der Waals surface area contributed by atoms with Crippen molar-refractivity contribution < 1.29 is 15.3 Å². The fourth-order valence-corrected chi connectivity index (χ4v) is 1.26. The van der Waals surface area contributed by atoms with E-state index in [2.05, 4.69) is 5.32 Å². The van der Waals surface area contributed by atoms with E-state index in [1.165, 1.54) is 0 Å². The van der Waals surface area contributed by atoms with Gasteiger partial charge in [-0.1, -0.05) is 6.92 Å². The van der Waals surface area contributed by atoms with Crippen molar-refractivity contribution in [1.82, 2.24) is 5.32 Å². The van der Waals surface area contributed by atoms with Crippen molar-refractivity contribution in [3.63, 3.8) is 0 Å². The standard InChI is InChI=1S/C7H15NO3.ClH/c1-4-2-8-3-5(9)7(11)6(4)10;/h4-11H,2-3H2,1H3;1H/t4-,5+,6+,7+;/m0./s1. The average Bonchev–Trinajstić information content (AvgIpc) is 2.07. The van der Waals surface area contributed by atoms with E-state index in [1.807, 2.05) is 6.92 Å². The number of aliphatic hydroxyl groups excluding tert-OH is 3. The Kier molecular flexibility index (Phi) is 5.04. The molecule has 0 saturated carbocycles. The Labute approximate surface area is 78.0 Å². The predicted octanol–water partition coefficient (Wildman–Crippen LogP) is -1.27. The molecule has 4 nitrogen and oxygen atoms in total. The van der Waals surface area contributed by atoms with E-state index >= 15 is 0 Å². The molecule has 0 aliphatic carbocycles. The third kappa shape index (κ3) is 2.57. The van der Waals surface area contributed by atoms with Crippen LogP contribution in [0.2, 0.25) is 0 Å². The molecule has 1 fully saturated rings. The Morgan fingerprint density at radius 2 is 1.67 bits per heavy atom. The Balaban J connectivity index is 0.00000121. The van der Waals surface area contributed by atoms with E-state index in [4.69, 9.17) is 0 Å². The summed E-state index contributed by atoms with van der Waals surface area (Å²) in [6.45, 7) is 2.82. The molecule has 0 bridgehead atoms. The van der Waals surface area contributed by atoms with E-state index in [1.54, 1.807) is 0 Å². The quantitative estimate of drug-likeness (QED) is 0.391. The second-order valence-corrected chi connectivity index (χ2v) is 3.18. The molecule has 0 radical (unpaired) electrons. The number of aliphatic hydroxyl groups is 3. The van der Waals surface area contributed by atoms with Gasteiger partial charge in [-0.2, -0.15) is 0 Å². The van der Waals surface area contributed by atoms with Gasteiger partial charge in [-0.15, -0.1) is 12.4 Å². The minimum Gasteiger partial charge on any atom is -0.390 e. The normalized spacial score (nSPS) is 43.0. The summed E-state index contributed by atoms with van der Waals surface area (Å²) in [5, 5.41) is 30.7. The highest BCUT2D eigenvalue weighted by molar-refractivity contribution is 5.85. The van der Waals surface area contributed by atoms with Gasteiger partial charge in [0.2, 0.25) is 0 Å². The van der Waals surface area contributed by atoms with Crippen LogP contribution in [0, 0.1) is 5.92 Å². The topological polar surface area (TPSA) is 72.7 Å². The molecule has 4 atom stereocenters. The summed E-state index contributed by atoms with van der Waals surface area (Å²) in [5.74, 6) is -0.0119. The highest BCUT2D eigenvalue weighted by Crippen LogP contribution is 2.12. The highest BCUT2D eigenvalue weighted by atomic mass is 35.5. The Morgan fingerprint density at radius 3 is 2.25 bits per heavy atom. The van der Waals surface area contributed by atoms with Gasteiger partial charge in [0.15, 0.2) is 0 Å². The van der Waals surface area contributed by atoms with Gasteiger partial charge >= 0.3 is 0 Å². The summed E-state index contributed by atoms with van der Waals surface area (Å²) in [7, 11) is 0. The molecule has 5 heteroatoms. The van der Waals surface area contributed by atoms with Crippen molar-refractivity contribution in [2.75, 3.05) is 13.1 Å². The Bertz CT molecular complexity index is 122. The molecule has 1 aliphatic heterocycles. The molecule has 1 heterocycles. The number of hydrogen-bond donors (Lipinski definition) is 4.